The Kier molecular flexibility index (Phi) is 3.40. The van der Waals surface area contributed by atoms with Gasteiger partial charge in [-0.2, -0.15) is 5.10 Å². The molecule has 0 atom stereocenters. The molecule has 1 aromatic heterocycles. The van der Waals surface area contributed by atoms with E-state index in [1.165, 1.54) is 0 Å². The van der Waals surface area contributed by atoms with Crippen LogP contribution in [0.15, 0.2) is 35.1 Å². The van der Waals surface area contributed by atoms with Crippen LogP contribution in [0.25, 0.3) is 11.3 Å². The minimum Gasteiger partial charge on any atom is -0.496 e. The maximum atomic E-state index is 11.8. The minimum atomic E-state index is -0.729. The molecule has 2 aromatic rings. The summed E-state index contributed by atoms with van der Waals surface area (Å²) >= 11 is 0. The van der Waals surface area contributed by atoms with Crippen molar-refractivity contribution < 1.29 is 4.74 Å². The highest BCUT2D eigenvalue weighted by atomic mass is 16.5. The fraction of sp³-hybridized carbons (Fsp3) is 0.286. The Hall–Kier alpha value is -2.14. The molecule has 0 saturated carbocycles. The van der Waals surface area contributed by atoms with Gasteiger partial charge in [-0.3, -0.25) is 4.79 Å². The van der Waals surface area contributed by atoms with Gasteiger partial charge in [-0.1, -0.05) is 12.1 Å². The molecule has 0 amide bonds. The van der Waals surface area contributed by atoms with Gasteiger partial charge in [-0.25, -0.2) is 5.10 Å². The number of nitrogens with two attached hydrogens (primary N) is 1. The lowest BCUT2D eigenvalue weighted by molar-refractivity contribution is 0.416. The van der Waals surface area contributed by atoms with Crippen molar-refractivity contribution in [3.63, 3.8) is 0 Å². The number of methoxy groups -OCH3 is 1. The first-order valence-electron chi connectivity index (χ1n) is 5.96. The predicted octanol–water partition coefficient (Wildman–Crippen LogP) is 1.64. The average molecular weight is 259 g/mol. The molecule has 19 heavy (non-hydrogen) atoms. The zero-order valence-corrected chi connectivity index (χ0v) is 11.2. The normalized spacial score (nSPS) is 11.4. The van der Waals surface area contributed by atoms with Crippen molar-refractivity contribution in [2.45, 2.75) is 19.4 Å². The number of ether oxygens (including phenoxy) is 1. The lowest BCUT2D eigenvalue weighted by Crippen LogP contribution is -2.35. The molecule has 0 radical (unpaired) electrons. The summed E-state index contributed by atoms with van der Waals surface area (Å²) in [6.45, 7) is 3.56. The van der Waals surface area contributed by atoms with Crippen LogP contribution in [-0.4, -0.2) is 17.3 Å². The molecule has 5 nitrogen and oxygen atoms in total. The maximum absolute atomic E-state index is 11.8. The van der Waals surface area contributed by atoms with Gasteiger partial charge >= 0.3 is 0 Å². The van der Waals surface area contributed by atoms with Gasteiger partial charge in [-0.05, 0) is 32.0 Å². The summed E-state index contributed by atoms with van der Waals surface area (Å²) in [5.41, 5.74) is 6.93. The number of hydrogen-bond acceptors (Lipinski definition) is 4. The topological polar surface area (TPSA) is 81.0 Å². The van der Waals surface area contributed by atoms with E-state index in [0.717, 1.165) is 5.56 Å². The van der Waals surface area contributed by atoms with Crippen molar-refractivity contribution in [3.05, 3.63) is 46.2 Å². The van der Waals surface area contributed by atoms with Crippen molar-refractivity contribution in [2.24, 2.45) is 5.73 Å². The number of H-pyrrole nitrogens is 1. The number of aromatic amines is 1. The molecule has 100 valence electrons. The third-order valence-corrected chi connectivity index (χ3v) is 2.88. The summed E-state index contributed by atoms with van der Waals surface area (Å²) in [5, 5.41) is 6.54. The molecule has 5 heteroatoms. The standard InChI is InChI=1S/C14H17N3O2/c1-14(2,15)10-8-11(16-17-13(10)18)9-6-4-5-7-12(9)19-3/h4-8H,15H2,1-3H3,(H,17,18). The molecule has 0 saturated heterocycles. The Morgan fingerprint density at radius 1 is 1.32 bits per heavy atom. The maximum Gasteiger partial charge on any atom is 0.269 e. The smallest absolute Gasteiger partial charge is 0.269 e. The summed E-state index contributed by atoms with van der Waals surface area (Å²) in [7, 11) is 1.60. The fourth-order valence-corrected chi connectivity index (χ4v) is 1.88. The van der Waals surface area contributed by atoms with Crippen LogP contribution >= 0.6 is 0 Å². The summed E-state index contributed by atoms with van der Waals surface area (Å²) in [4.78, 5) is 11.8. The minimum absolute atomic E-state index is 0.272. The molecule has 1 heterocycles. The van der Waals surface area contributed by atoms with E-state index in [-0.39, 0.29) is 5.56 Å². The number of aromatic nitrogens is 2. The number of benzene rings is 1. The van der Waals surface area contributed by atoms with E-state index >= 15 is 0 Å². The van der Waals surface area contributed by atoms with Crippen molar-refractivity contribution in [1.29, 1.82) is 0 Å². The quantitative estimate of drug-likeness (QED) is 0.878. The number of nitrogens with one attached hydrogen (secondary N) is 1. The second-order valence-electron chi connectivity index (χ2n) is 4.92. The van der Waals surface area contributed by atoms with Crippen LogP contribution in [0.5, 0.6) is 5.75 Å². The van der Waals surface area contributed by atoms with Gasteiger partial charge in [0, 0.05) is 16.7 Å². The van der Waals surface area contributed by atoms with Crippen LogP contribution < -0.4 is 16.0 Å². The third kappa shape index (κ3) is 2.66. The fourth-order valence-electron chi connectivity index (χ4n) is 1.88. The number of para-hydroxylation sites is 1. The highest BCUT2D eigenvalue weighted by Gasteiger charge is 2.20. The highest BCUT2D eigenvalue weighted by molar-refractivity contribution is 5.67. The molecule has 2 rings (SSSR count). The van der Waals surface area contributed by atoms with Gasteiger partial charge in [0.25, 0.3) is 5.56 Å². The van der Waals surface area contributed by atoms with Gasteiger partial charge in [-0.15, -0.1) is 0 Å². The molecule has 0 aliphatic heterocycles. The van der Waals surface area contributed by atoms with Crippen LogP contribution in [0, 0.1) is 0 Å². The van der Waals surface area contributed by atoms with E-state index < -0.39 is 5.54 Å². The van der Waals surface area contributed by atoms with Crippen LogP contribution in [0.3, 0.4) is 0 Å². The van der Waals surface area contributed by atoms with Crippen molar-refractivity contribution in [3.8, 4) is 17.0 Å². The zero-order valence-electron chi connectivity index (χ0n) is 11.2. The molecular weight excluding hydrogens is 242 g/mol. The van der Waals surface area contributed by atoms with Crippen LogP contribution in [0.2, 0.25) is 0 Å². The molecule has 0 fully saturated rings. The monoisotopic (exact) mass is 259 g/mol. The lowest BCUT2D eigenvalue weighted by Gasteiger charge is -2.18. The molecule has 0 aliphatic carbocycles. The summed E-state index contributed by atoms with van der Waals surface area (Å²) in [6, 6.07) is 9.19. The Balaban J connectivity index is 2.62. The second kappa shape index (κ2) is 4.85. The number of rotatable bonds is 3. The van der Waals surface area contributed by atoms with Crippen LogP contribution in [-0.2, 0) is 5.54 Å². The highest BCUT2D eigenvalue weighted by Crippen LogP contribution is 2.28. The van der Waals surface area contributed by atoms with E-state index in [2.05, 4.69) is 10.2 Å². The van der Waals surface area contributed by atoms with E-state index in [9.17, 15) is 4.79 Å². The molecule has 3 N–H and O–H groups in total. The molecule has 0 bridgehead atoms. The Morgan fingerprint density at radius 2 is 2.00 bits per heavy atom. The Labute approximate surface area is 111 Å². The second-order valence-corrected chi connectivity index (χ2v) is 4.92. The first-order chi connectivity index (χ1) is 8.93. The Morgan fingerprint density at radius 3 is 2.63 bits per heavy atom. The SMILES string of the molecule is COc1ccccc1-c1cc(C(C)(C)N)c(=O)[nH]n1. The van der Waals surface area contributed by atoms with Crippen LogP contribution in [0.1, 0.15) is 19.4 Å². The predicted molar refractivity (Wildman–Crippen MR) is 74.1 cm³/mol. The summed E-state index contributed by atoms with van der Waals surface area (Å²) in [5.74, 6) is 0.697. The molecule has 0 unspecified atom stereocenters. The molecule has 0 aliphatic rings. The third-order valence-electron chi connectivity index (χ3n) is 2.88. The summed E-state index contributed by atoms with van der Waals surface area (Å²) < 4.78 is 5.29. The van der Waals surface area contributed by atoms with Gasteiger partial charge in [0.05, 0.1) is 12.8 Å². The number of hydrogen-bond donors (Lipinski definition) is 2. The van der Waals surface area contributed by atoms with Crippen molar-refractivity contribution in [2.75, 3.05) is 7.11 Å². The zero-order chi connectivity index (χ0) is 14.0. The van der Waals surface area contributed by atoms with E-state index in [4.69, 9.17) is 10.5 Å². The first-order valence-corrected chi connectivity index (χ1v) is 5.96. The van der Waals surface area contributed by atoms with E-state index in [1.54, 1.807) is 27.0 Å². The lowest BCUT2D eigenvalue weighted by atomic mass is 9.96. The molecular formula is C14H17N3O2. The van der Waals surface area contributed by atoms with E-state index in [1.807, 2.05) is 24.3 Å². The molecule has 1 aromatic carbocycles. The van der Waals surface area contributed by atoms with Crippen LogP contribution in [0.4, 0.5) is 0 Å². The summed E-state index contributed by atoms with van der Waals surface area (Å²) in [6.07, 6.45) is 0. The van der Waals surface area contributed by atoms with Gasteiger partial charge in [0.15, 0.2) is 0 Å². The largest absolute Gasteiger partial charge is 0.496 e. The van der Waals surface area contributed by atoms with Gasteiger partial charge in [0.1, 0.15) is 5.75 Å². The average Bonchev–Trinajstić information content (AvgIpc) is 2.38. The van der Waals surface area contributed by atoms with Gasteiger partial charge in [0.2, 0.25) is 0 Å². The van der Waals surface area contributed by atoms with Gasteiger partial charge < -0.3 is 10.5 Å². The van der Waals surface area contributed by atoms with E-state index in [0.29, 0.717) is 17.0 Å². The molecule has 0 spiro atoms. The number of nitrogens with zero attached hydrogens (tertiary/aromatic N) is 1. The van der Waals surface area contributed by atoms with Crippen molar-refractivity contribution in [1.82, 2.24) is 10.2 Å². The first kappa shape index (κ1) is 13.3. The van der Waals surface area contributed by atoms with Crippen molar-refractivity contribution >= 4 is 0 Å². The Bertz CT molecular complexity index is 642.